The summed E-state index contributed by atoms with van der Waals surface area (Å²) >= 11 is 0. The van der Waals surface area contributed by atoms with Crippen LogP contribution in [0, 0.1) is 0 Å². The number of benzene rings is 9. The molecule has 282 valence electrons. The summed E-state index contributed by atoms with van der Waals surface area (Å²) < 4.78 is 0. The van der Waals surface area contributed by atoms with Gasteiger partial charge in [0, 0.05) is 34.1 Å². The average molecular weight is 749 g/mol. The highest BCUT2D eigenvalue weighted by Gasteiger charge is 2.37. The second-order valence-electron chi connectivity index (χ2n) is 17.4. The quantitative estimate of drug-likeness (QED) is 0.160. The lowest BCUT2D eigenvalue weighted by molar-refractivity contribution is 0.332. The van der Waals surface area contributed by atoms with Crippen molar-refractivity contribution < 1.29 is 0 Å². The summed E-state index contributed by atoms with van der Waals surface area (Å²) in [5.41, 5.74) is 12.5. The van der Waals surface area contributed by atoms with Crippen LogP contribution in [0.3, 0.4) is 0 Å². The average Bonchev–Trinajstić information content (AvgIpc) is 3.26. The number of rotatable bonds is 7. The maximum atomic E-state index is 2.47. The van der Waals surface area contributed by atoms with E-state index in [0.717, 1.165) is 28.4 Å². The van der Waals surface area contributed by atoms with Crippen LogP contribution in [0.1, 0.15) is 51.7 Å². The third-order valence-corrected chi connectivity index (χ3v) is 12.7. The van der Waals surface area contributed by atoms with E-state index < -0.39 is 0 Å². The first-order valence-electron chi connectivity index (χ1n) is 20.6. The van der Waals surface area contributed by atoms with Gasteiger partial charge in [-0.1, -0.05) is 149 Å². The lowest BCUT2D eigenvalue weighted by atomic mass is 9.63. The van der Waals surface area contributed by atoms with Gasteiger partial charge in [0.05, 0.1) is 0 Å². The standard InChI is InChI=1S/C56H48N2/c1-55(2)33-34-56(3,4)54-38-52(31-32-53(54)55)58(51-30-23-41-13-7-10-16-46(41)37-51)48-26-19-43(20-27-48)42-17-24-47(25-18-42)57(49-28-21-39-11-5-8-14-44(39)35-49)50-29-22-40-12-6-9-15-45(40)36-50/h5-32,35-38H,33-34H2,1-4H3. The van der Waals surface area contributed by atoms with Crippen LogP contribution in [-0.4, -0.2) is 0 Å². The third kappa shape index (κ3) is 6.49. The maximum Gasteiger partial charge on any atom is 0.0468 e. The Bertz CT molecular complexity index is 2880. The van der Waals surface area contributed by atoms with Crippen molar-refractivity contribution in [3.05, 3.63) is 205 Å². The molecule has 0 amide bonds. The number of anilines is 6. The topological polar surface area (TPSA) is 6.48 Å². The fraction of sp³-hybridized carbons (Fsp3) is 0.143. The van der Waals surface area contributed by atoms with E-state index in [2.05, 4.69) is 232 Å². The molecule has 9 aromatic rings. The molecule has 0 aliphatic heterocycles. The Hall–Kier alpha value is -6.64. The molecule has 58 heavy (non-hydrogen) atoms. The van der Waals surface area contributed by atoms with Crippen LogP contribution in [-0.2, 0) is 10.8 Å². The molecule has 0 bridgehead atoms. The van der Waals surface area contributed by atoms with E-state index in [4.69, 9.17) is 0 Å². The molecule has 2 heteroatoms. The Morgan fingerprint density at radius 3 is 1.00 bits per heavy atom. The molecule has 0 saturated heterocycles. The van der Waals surface area contributed by atoms with Gasteiger partial charge in [0.2, 0.25) is 0 Å². The lowest BCUT2D eigenvalue weighted by Crippen LogP contribution is -2.34. The first-order chi connectivity index (χ1) is 28.2. The van der Waals surface area contributed by atoms with Crippen molar-refractivity contribution in [1.29, 1.82) is 0 Å². The molecule has 0 unspecified atom stereocenters. The molecule has 1 aliphatic carbocycles. The van der Waals surface area contributed by atoms with Gasteiger partial charge in [0.1, 0.15) is 0 Å². The molecule has 1 aliphatic rings. The van der Waals surface area contributed by atoms with E-state index in [-0.39, 0.29) is 10.8 Å². The van der Waals surface area contributed by atoms with Crippen molar-refractivity contribution in [2.24, 2.45) is 0 Å². The first kappa shape index (κ1) is 35.8. The van der Waals surface area contributed by atoms with E-state index in [9.17, 15) is 0 Å². The summed E-state index contributed by atoms with van der Waals surface area (Å²) in [6.07, 6.45) is 2.39. The first-order valence-corrected chi connectivity index (χ1v) is 20.6. The maximum absolute atomic E-state index is 2.47. The van der Waals surface area contributed by atoms with E-state index >= 15 is 0 Å². The fourth-order valence-electron chi connectivity index (χ4n) is 9.16. The van der Waals surface area contributed by atoms with Crippen LogP contribution in [0.25, 0.3) is 43.4 Å². The molecular formula is C56H48N2. The monoisotopic (exact) mass is 748 g/mol. The minimum atomic E-state index is 0.115. The van der Waals surface area contributed by atoms with E-state index in [1.807, 2.05) is 0 Å². The highest BCUT2D eigenvalue weighted by molar-refractivity contribution is 5.93. The smallest absolute Gasteiger partial charge is 0.0468 e. The molecule has 0 fully saturated rings. The van der Waals surface area contributed by atoms with E-state index in [1.54, 1.807) is 0 Å². The number of hydrogen-bond donors (Lipinski definition) is 0. The molecule has 9 aromatic carbocycles. The van der Waals surface area contributed by atoms with Crippen LogP contribution in [0.4, 0.5) is 34.1 Å². The Balaban J connectivity index is 1.02. The highest BCUT2D eigenvalue weighted by Crippen LogP contribution is 2.48. The van der Waals surface area contributed by atoms with Crippen LogP contribution in [0.5, 0.6) is 0 Å². The van der Waals surface area contributed by atoms with Gasteiger partial charge >= 0.3 is 0 Å². The van der Waals surface area contributed by atoms with Gasteiger partial charge in [-0.15, -0.1) is 0 Å². The lowest BCUT2D eigenvalue weighted by Gasteiger charge is -2.42. The summed E-state index contributed by atoms with van der Waals surface area (Å²) in [6, 6.07) is 71.5. The van der Waals surface area contributed by atoms with Crippen LogP contribution in [0.15, 0.2) is 194 Å². The largest absolute Gasteiger partial charge is 0.310 e. The molecule has 0 atom stereocenters. The van der Waals surface area contributed by atoms with Crippen LogP contribution < -0.4 is 9.80 Å². The predicted molar refractivity (Wildman–Crippen MR) is 249 cm³/mol. The molecule has 2 nitrogen and oxygen atoms in total. The Morgan fingerprint density at radius 1 is 0.293 bits per heavy atom. The van der Waals surface area contributed by atoms with Crippen molar-refractivity contribution in [2.75, 3.05) is 9.80 Å². The summed E-state index contributed by atoms with van der Waals surface area (Å²) in [5, 5.41) is 7.41. The van der Waals surface area contributed by atoms with E-state index in [0.29, 0.717) is 0 Å². The SMILES string of the molecule is CC1(C)CCC(C)(C)c2cc(N(c3ccc(-c4ccc(N(c5ccc6ccccc6c5)c5ccc6ccccc6c5)cc4)cc3)c3ccc4ccccc4c3)ccc21. The Labute approximate surface area is 342 Å². The number of hydrogen-bond acceptors (Lipinski definition) is 2. The Kier molecular flexibility index (Phi) is 8.68. The van der Waals surface area contributed by atoms with Gasteiger partial charge in [-0.3, -0.25) is 0 Å². The fourth-order valence-corrected chi connectivity index (χ4v) is 9.16. The molecule has 0 N–H and O–H groups in total. The van der Waals surface area contributed by atoms with Crippen molar-refractivity contribution >= 4 is 66.4 Å². The zero-order valence-corrected chi connectivity index (χ0v) is 33.8. The van der Waals surface area contributed by atoms with Crippen molar-refractivity contribution in [3.63, 3.8) is 0 Å². The molecule has 0 radical (unpaired) electrons. The Morgan fingerprint density at radius 2 is 0.603 bits per heavy atom. The number of fused-ring (bicyclic) bond motifs is 4. The minimum Gasteiger partial charge on any atom is -0.310 e. The summed E-state index contributed by atoms with van der Waals surface area (Å²) in [4.78, 5) is 4.80. The van der Waals surface area contributed by atoms with Gasteiger partial charge in [0.15, 0.2) is 0 Å². The molecule has 0 aromatic heterocycles. The van der Waals surface area contributed by atoms with Crippen LogP contribution >= 0.6 is 0 Å². The second kappa shape index (κ2) is 14.1. The minimum absolute atomic E-state index is 0.115. The molecular weight excluding hydrogens is 701 g/mol. The molecule has 0 spiro atoms. The van der Waals surface area contributed by atoms with Gasteiger partial charge in [0.25, 0.3) is 0 Å². The van der Waals surface area contributed by atoms with Crippen molar-refractivity contribution in [3.8, 4) is 11.1 Å². The van der Waals surface area contributed by atoms with Crippen LogP contribution in [0.2, 0.25) is 0 Å². The molecule has 0 saturated carbocycles. The van der Waals surface area contributed by atoms with Crippen molar-refractivity contribution in [1.82, 2.24) is 0 Å². The molecule has 0 heterocycles. The normalized spacial score (nSPS) is 14.3. The third-order valence-electron chi connectivity index (χ3n) is 12.7. The highest BCUT2D eigenvalue weighted by atomic mass is 15.1. The summed E-state index contributed by atoms with van der Waals surface area (Å²) in [6.45, 7) is 9.62. The zero-order valence-electron chi connectivity index (χ0n) is 33.8. The van der Waals surface area contributed by atoms with Gasteiger partial charge in [-0.05, 0) is 151 Å². The summed E-state index contributed by atoms with van der Waals surface area (Å²) in [7, 11) is 0. The van der Waals surface area contributed by atoms with Gasteiger partial charge in [-0.2, -0.15) is 0 Å². The molecule has 10 rings (SSSR count). The zero-order chi connectivity index (χ0) is 39.4. The van der Waals surface area contributed by atoms with E-state index in [1.165, 1.54) is 73.1 Å². The second-order valence-corrected chi connectivity index (χ2v) is 17.4. The summed E-state index contributed by atoms with van der Waals surface area (Å²) in [5.74, 6) is 0. The predicted octanol–water partition coefficient (Wildman–Crippen LogP) is 16.1. The number of nitrogens with zero attached hydrogens (tertiary/aromatic N) is 2. The van der Waals surface area contributed by atoms with Gasteiger partial charge in [-0.25, -0.2) is 0 Å². The van der Waals surface area contributed by atoms with Gasteiger partial charge < -0.3 is 9.80 Å². The van der Waals surface area contributed by atoms with Crippen molar-refractivity contribution in [2.45, 2.75) is 51.4 Å².